The monoisotopic (exact) mass is 326 g/mol. The lowest BCUT2D eigenvalue weighted by molar-refractivity contribution is -0.385. The molecule has 0 bridgehead atoms. The van der Waals surface area contributed by atoms with E-state index < -0.39 is 4.92 Å². The second kappa shape index (κ2) is 7.12. The Morgan fingerprint density at radius 2 is 1.96 bits per heavy atom. The number of nitro benzene ring substituents is 1. The third kappa shape index (κ3) is 3.53. The molecule has 1 atom stereocenters. The van der Waals surface area contributed by atoms with E-state index in [1.807, 2.05) is 18.2 Å². The first-order chi connectivity index (χ1) is 11.6. The fourth-order valence-electron chi connectivity index (χ4n) is 3.01. The van der Waals surface area contributed by atoms with Crippen molar-refractivity contribution < 1.29 is 14.5 Å². The van der Waals surface area contributed by atoms with Gasteiger partial charge in [0.15, 0.2) is 12.4 Å². The van der Waals surface area contributed by atoms with Crippen LogP contribution < -0.4 is 10.1 Å². The Morgan fingerprint density at radius 1 is 1.21 bits per heavy atom. The second-order valence-corrected chi connectivity index (χ2v) is 5.72. The van der Waals surface area contributed by atoms with Gasteiger partial charge in [0, 0.05) is 6.07 Å². The molecular formula is C18H18N2O4. The minimum atomic E-state index is -0.523. The number of nitrogens with one attached hydrogen (secondary N) is 1. The van der Waals surface area contributed by atoms with Crippen molar-refractivity contribution in [3.05, 3.63) is 69.8 Å². The maximum absolute atomic E-state index is 12.2. The van der Waals surface area contributed by atoms with E-state index in [0.717, 1.165) is 24.8 Å². The van der Waals surface area contributed by atoms with Crippen molar-refractivity contribution in [2.75, 3.05) is 6.61 Å². The lowest BCUT2D eigenvalue weighted by Gasteiger charge is -2.26. The first kappa shape index (κ1) is 16.0. The molecule has 1 aliphatic carbocycles. The third-order valence-electron chi connectivity index (χ3n) is 4.13. The zero-order valence-corrected chi connectivity index (χ0v) is 13.1. The van der Waals surface area contributed by atoms with Gasteiger partial charge in [-0.15, -0.1) is 0 Å². The van der Waals surface area contributed by atoms with Gasteiger partial charge in [0.05, 0.1) is 11.0 Å². The number of rotatable bonds is 5. The van der Waals surface area contributed by atoms with Gasteiger partial charge in [-0.2, -0.15) is 0 Å². The molecule has 0 heterocycles. The third-order valence-corrected chi connectivity index (χ3v) is 4.13. The highest BCUT2D eigenvalue weighted by Gasteiger charge is 2.22. The molecule has 0 aromatic heterocycles. The molecule has 0 fully saturated rings. The SMILES string of the molecule is O=C(COc1ccccc1[N+](=O)[O-])N[C@H]1CCCc2ccccc21. The first-order valence-corrected chi connectivity index (χ1v) is 7.88. The molecule has 0 unspecified atom stereocenters. The number of aryl methyl sites for hydroxylation is 1. The van der Waals surface area contributed by atoms with E-state index in [1.54, 1.807) is 12.1 Å². The quantitative estimate of drug-likeness (QED) is 0.676. The van der Waals surface area contributed by atoms with E-state index >= 15 is 0 Å². The van der Waals surface area contributed by atoms with Gasteiger partial charge in [-0.3, -0.25) is 14.9 Å². The van der Waals surface area contributed by atoms with Crippen LogP contribution in [0.3, 0.4) is 0 Å². The average Bonchev–Trinajstić information content (AvgIpc) is 2.60. The molecule has 0 radical (unpaired) electrons. The summed E-state index contributed by atoms with van der Waals surface area (Å²) in [5.74, 6) is -0.184. The Bertz CT molecular complexity index is 760. The van der Waals surface area contributed by atoms with E-state index in [1.165, 1.54) is 17.7 Å². The number of nitro groups is 1. The Hall–Kier alpha value is -2.89. The van der Waals surface area contributed by atoms with Crippen molar-refractivity contribution in [2.45, 2.75) is 25.3 Å². The van der Waals surface area contributed by atoms with Gasteiger partial charge in [0.2, 0.25) is 0 Å². The summed E-state index contributed by atoms with van der Waals surface area (Å²) in [5.41, 5.74) is 2.25. The largest absolute Gasteiger partial charge is 0.477 e. The van der Waals surface area contributed by atoms with E-state index in [0.29, 0.717) is 0 Å². The molecule has 0 aliphatic heterocycles. The van der Waals surface area contributed by atoms with Gasteiger partial charge >= 0.3 is 5.69 Å². The summed E-state index contributed by atoms with van der Waals surface area (Å²) in [7, 11) is 0. The lowest BCUT2D eigenvalue weighted by Crippen LogP contribution is -2.34. The zero-order valence-electron chi connectivity index (χ0n) is 13.1. The molecule has 1 N–H and O–H groups in total. The van der Waals surface area contributed by atoms with Crippen molar-refractivity contribution in [3.63, 3.8) is 0 Å². The molecule has 0 spiro atoms. The fourth-order valence-corrected chi connectivity index (χ4v) is 3.01. The number of fused-ring (bicyclic) bond motifs is 1. The van der Waals surface area contributed by atoms with Crippen LogP contribution in [0.15, 0.2) is 48.5 Å². The van der Waals surface area contributed by atoms with Gasteiger partial charge in [-0.05, 0) is 36.5 Å². The highest BCUT2D eigenvalue weighted by atomic mass is 16.6. The molecular weight excluding hydrogens is 308 g/mol. The van der Waals surface area contributed by atoms with Crippen LogP contribution in [0.5, 0.6) is 5.75 Å². The molecule has 0 saturated carbocycles. The number of ether oxygens (including phenoxy) is 1. The second-order valence-electron chi connectivity index (χ2n) is 5.72. The predicted octanol–water partition coefficient (Wildman–Crippen LogP) is 3.17. The first-order valence-electron chi connectivity index (χ1n) is 7.88. The molecule has 1 amide bonds. The molecule has 0 saturated heterocycles. The molecule has 2 aromatic rings. The predicted molar refractivity (Wildman–Crippen MR) is 88.9 cm³/mol. The molecule has 6 nitrogen and oxygen atoms in total. The van der Waals surface area contributed by atoms with Gasteiger partial charge in [-0.25, -0.2) is 0 Å². The summed E-state index contributed by atoms with van der Waals surface area (Å²) in [4.78, 5) is 22.6. The maximum atomic E-state index is 12.2. The summed E-state index contributed by atoms with van der Waals surface area (Å²) in [5, 5.41) is 13.9. The van der Waals surface area contributed by atoms with Crippen LogP contribution >= 0.6 is 0 Å². The Kier molecular flexibility index (Phi) is 4.74. The summed E-state index contributed by atoms with van der Waals surface area (Å²) in [6, 6.07) is 14.1. The van der Waals surface area contributed by atoms with Crippen molar-refractivity contribution in [2.24, 2.45) is 0 Å². The summed E-state index contributed by atoms with van der Waals surface area (Å²) >= 11 is 0. The highest BCUT2D eigenvalue weighted by molar-refractivity contribution is 5.78. The van der Waals surface area contributed by atoms with E-state index in [2.05, 4.69) is 11.4 Å². The molecule has 1 aliphatic rings. The molecule has 124 valence electrons. The summed E-state index contributed by atoms with van der Waals surface area (Å²) < 4.78 is 5.34. The number of hydrogen-bond acceptors (Lipinski definition) is 4. The van der Waals surface area contributed by atoms with Crippen LogP contribution in [-0.4, -0.2) is 17.4 Å². The average molecular weight is 326 g/mol. The van der Waals surface area contributed by atoms with Crippen LogP contribution in [0.2, 0.25) is 0 Å². The summed E-state index contributed by atoms with van der Waals surface area (Å²) in [6.07, 6.45) is 2.93. The molecule has 24 heavy (non-hydrogen) atoms. The maximum Gasteiger partial charge on any atom is 0.310 e. The molecule has 2 aromatic carbocycles. The van der Waals surface area contributed by atoms with Crippen LogP contribution in [0, 0.1) is 10.1 Å². The Balaban J connectivity index is 1.62. The van der Waals surface area contributed by atoms with Crippen molar-refractivity contribution in [1.29, 1.82) is 0 Å². The number of benzene rings is 2. The fraction of sp³-hybridized carbons (Fsp3) is 0.278. The number of hydrogen-bond donors (Lipinski definition) is 1. The van der Waals surface area contributed by atoms with Gasteiger partial charge in [0.1, 0.15) is 0 Å². The van der Waals surface area contributed by atoms with Crippen molar-refractivity contribution in [3.8, 4) is 5.75 Å². The molecule has 3 rings (SSSR count). The number of nitrogens with zero attached hydrogens (tertiary/aromatic N) is 1. The van der Waals surface area contributed by atoms with Crippen LogP contribution in [0.1, 0.15) is 30.0 Å². The highest BCUT2D eigenvalue weighted by Crippen LogP contribution is 2.29. The minimum absolute atomic E-state index is 0.0307. The molecule has 6 heteroatoms. The minimum Gasteiger partial charge on any atom is -0.477 e. The van der Waals surface area contributed by atoms with Crippen LogP contribution in [-0.2, 0) is 11.2 Å². The number of carbonyl (C=O) groups is 1. The standard InChI is InChI=1S/C18H18N2O4/c21-18(12-24-17-11-4-3-10-16(17)20(22)23)19-15-9-5-7-13-6-1-2-8-14(13)15/h1-4,6,8,10-11,15H,5,7,9,12H2,(H,19,21)/t15-/m0/s1. The van der Waals surface area contributed by atoms with Crippen LogP contribution in [0.4, 0.5) is 5.69 Å². The number of carbonyl (C=O) groups excluding carboxylic acids is 1. The van der Waals surface area contributed by atoms with E-state index in [-0.39, 0.29) is 30.0 Å². The summed E-state index contributed by atoms with van der Waals surface area (Å²) in [6.45, 7) is -0.247. The normalized spacial score (nSPS) is 16.1. The van der Waals surface area contributed by atoms with Crippen LogP contribution in [0.25, 0.3) is 0 Å². The number of amides is 1. The van der Waals surface area contributed by atoms with Gasteiger partial charge in [0.25, 0.3) is 5.91 Å². The Morgan fingerprint density at radius 3 is 2.79 bits per heavy atom. The number of para-hydroxylation sites is 2. The Labute approximate surface area is 139 Å². The topological polar surface area (TPSA) is 81.5 Å². The zero-order chi connectivity index (χ0) is 16.9. The van der Waals surface area contributed by atoms with Gasteiger partial charge < -0.3 is 10.1 Å². The van der Waals surface area contributed by atoms with E-state index in [9.17, 15) is 14.9 Å². The lowest BCUT2D eigenvalue weighted by atomic mass is 9.88. The van der Waals surface area contributed by atoms with Crippen molar-refractivity contribution >= 4 is 11.6 Å². The smallest absolute Gasteiger partial charge is 0.310 e. The van der Waals surface area contributed by atoms with E-state index in [4.69, 9.17) is 4.74 Å². The van der Waals surface area contributed by atoms with Crippen molar-refractivity contribution in [1.82, 2.24) is 5.32 Å². The van der Waals surface area contributed by atoms with Gasteiger partial charge in [-0.1, -0.05) is 36.4 Å².